The molecule has 1 aliphatic rings. The van der Waals surface area contributed by atoms with E-state index < -0.39 is 0 Å². The maximum Gasteiger partial charge on any atom is 0.147 e. The van der Waals surface area contributed by atoms with Gasteiger partial charge in [-0.2, -0.15) is 0 Å². The van der Waals surface area contributed by atoms with Crippen LogP contribution in [-0.4, -0.2) is 5.75 Å². The van der Waals surface area contributed by atoms with Crippen LogP contribution in [0.2, 0.25) is 0 Å². The molecule has 0 atom stereocenters. The number of allylic oxidation sites excluding steroid dienone is 3. The lowest BCUT2D eigenvalue weighted by Crippen LogP contribution is -2.17. The molecule has 10 aromatic rings. The summed E-state index contributed by atoms with van der Waals surface area (Å²) >= 11 is 1.68. The summed E-state index contributed by atoms with van der Waals surface area (Å²) in [6.45, 7) is 4.67. The van der Waals surface area contributed by atoms with Crippen LogP contribution in [0.1, 0.15) is 5.56 Å². The molecule has 0 unspecified atom stereocenters. The van der Waals surface area contributed by atoms with Crippen molar-refractivity contribution in [3.63, 3.8) is 0 Å². The van der Waals surface area contributed by atoms with E-state index in [-0.39, 0.29) is 11.6 Å². The highest BCUT2D eigenvalue weighted by Crippen LogP contribution is 2.47. The van der Waals surface area contributed by atoms with Gasteiger partial charge < -0.3 is 9.80 Å². The van der Waals surface area contributed by atoms with E-state index >= 15 is 8.78 Å². The number of thioether (sulfide) groups is 1. The summed E-state index contributed by atoms with van der Waals surface area (Å²) in [6.07, 6.45) is 6.23. The first kappa shape index (κ1) is 40.8. The first-order valence-corrected chi connectivity index (χ1v) is 23.0. The van der Waals surface area contributed by atoms with E-state index in [9.17, 15) is 0 Å². The van der Waals surface area contributed by atoms with Crippen LogP contribution in [0.15, 0.2) is 248 Å². The highest BCUT2D eigenvalue weighted by atomic mass is 32.2. The van der Waals surface area contributed by atoms with Crippen LogP contribution in [0, 0.1) is 11.6 Å². The van der Waals surface area contributed by atoms with E-state index in [4.69, 9.17) is 0 Å². The van der Waals surface area contributed by atoms with Gasteiger partial charge in [0.15, 0.2) is 0 Å². The van der Waals surface area contributed by atoms with Crippen molar-refractivity contribution in [2.45, 2.75) is 4.90 Å². The van der Waals surface area contributed by atoms with Crippen LogP contribution in [-0.2, 0) is 0 Å². The minimum absolute atomic E-state index is 0.328. The first-order chi connectivity index (χ1) is 32.5. The van der Waals surface area contributed by atoms with Crippen LogP contribution in [0.4, 0.5) is 37.2 Å². The van der Waals surface area contributed by atoms with Gasteiger partial charge in [-0.1, -0.05) is 176 Å². The molecule has 10 aromatic carbocycles. The van der Waals surface area contributed by atoms with E-state index in [1.54, 1.807) is 23.9 Å². The average molecular weight is 873 g/mol. The maximum absolute atomic E-state index is 16.3. The Bertz CT molecular complexity index is 3560. The molecule has 0 bridgehead atoms. The minimum atomic E-state index is -0.328. The highest BCUT2D eigenvalue weighted by Gasteiger charge is 2.25. The van der Waals surface area contributed by atoms with Gasteiger partial charge >= 0.3 is 0 Å². The number of anilines is 5. The Kier molecular flexibility index (Phi) is 10.8. The molecule has 0 aromatic heterocycles. The molecule has 0 aliphatic carbocycles. The van der Waals surface area contributed by atoms with Crippen LogP contribution < -0.4 is 9.80 Å². The molecule has 1 aliphatic heterocycles. The van der Waals surface area contributed by atoms with Gasteiger partial charge in [-0.3, -0.25) is 0 Å². The third-order valence-corrected chi connectivity index (χ3v) is 13.4. The van der Waals surface area contributed by atoms with Gasteiger partial charge in [0, 0.05) is 38.7 Å². The van der Waals surface area contributed by atoms with Gasteiger partial charge in [-0.15, -0.1) is 11.8 Å². The third-order valence-electron chi connectivity index (χ3n) is 12.4. The predicted molar refractivity (Wildman–Crippen MR) is 276 cm³/mol. The minimum Gasteiger partial charge on any atom is -0.308 e. The Morgan fingerprint density at radius 1 is 0.424 bits per heavy atom. The van der Waals surface area contributed by atoms with Crippen LogP contribution >= 0.6 is 11.8 Å². The molecule has 0 saturated heterocycles. The molecule has 316 valence electrons. The van der Waals surface area contributed by atoms with Crippen LogP contribution in [0.3, 0.4) is 0 Å². The second-order valence-corrected chi connectivity index (χ2v) is 17.4. The molecule has 0 radical (unpaired) electrons. The van der Waals surface area contributed by atoms with Gasteiger partial charge in [0.2, 0.25) is 0 Å². The Morgan fingerprint density at radius 2 is 0.909 bits per heavy atom. The van der Waals surface area contributed by atoms with Gasteiger partial charge in [0.05, 0.1) is 17.1 Å². The molecule has 0 amide bonds. The number of halogens is 2. The Labute approximate surface area is 387 Å². The van der Waals surface area contributed by atoms with Crippen molar-refractivity contribution in [2.75, 3.05) is 15.6 Å². The zero-order chi connectivity index (χ0) is 44.6. The number of nitrogens with zero attached hydrogens (tertiary/aromatic N) is 2. The number of para-hydroxylation sites is 2. The molecule has 1 heterocycles. The average Bonchev–Trinajstić information content (AvgIpc) is 3.44. The number of hydrogen-bond donors (Lipinski definition) is 0. The monoisotopic (exact) mass is 872 g/mol. The summed E-state index contributed by atoms with van der Waals surface area (Å²) in [4.78, 5) is 5.04. The molecule has 0 spiro atoms. The Morgan fingerprint density at radius 3 is 1.52 bits per heavy atom. The van der Waals surface area contributed by atoms with Crippen LogP contribution in [0.25, 0.3) is 60.1 Å². The normalized spacial score (nSPS) is 13.9. The first-order valence-electron chi connectivity index (χ1n) is 22.0. The smallest absolute Gasteiger partial charge is 0.147 e. The van der Waals surface area contributed by atoms with E-state index in [1.807, 2.05) is 82.6 Å². The van der Waals surface area contributed by atoms with Crippen molar-refractivity contribution in [2.24, 2.45) is 0 Å². The van der Waals surface area contributed by atoms with Gasteiger partial charge in [0.1, 0.15) is 11.6 Å². The summed E-state index contributed by atoms with van der Waals surface area (Å²) in [5.41, 5.74) is 10.3. The lowest BCUT2D eigenvalue weighted by atomic mass is 9.95. The Hall–Kier alpha value is -7.99. The summed E-state index contributed by atoms with van der Waals surface area (Å²) in [7, 11) is 0. The van der Waals surface area contributed by atoms with Crippen molar-refractivity contribution in [1.82, 2.24) is 0 Å². The largest absolute Gasteiger partial charge is 0.308 e. The third kappa shape index (κ3) is 7.53. The summed E-state index contributed by atoms with van der Waals surface area (Å²) in [5.74, 6) is -0.0986. The SMILES string of the molecule is C=C1/C=C\C(N(c2cccc(-c3cccc4ccccc34)c2)c2ccccc2F)=C/CSc2cc(N(c3cccc(-c4cccc5ccccc45)c3)c3ccccc3F)c3ccccc3c21. The van der Waals surface area contributed by atoms with Gasteiger partial charge in [0.25, 0.3) is 0 Å². The molecule has 0 N–H and O–H groups in total. The molecular formula is C61H42F2N2S. The predicted octanol–water partition coefficient (Wildman–Crippen LogP) is 17.6. The molecule has 5 heteroatoms. The van der Waals surface area contributed by atoms with E-state index in [2.05, 4.69) is 140 Å². The molecule has 2 nitrogen and oxygen atoms in total. The number of rotatable bonds is 8. The second kappa shape index (κ2) is 17.5. The lowest BCUT2D eigenvalue weighted by molar-refractivity contribution is 0.628. The van der Waals surface area contributed by atoms with Crippen molar-refractivity contribution < 1.29 is 8.78 Å². The fraction of sp³-hybridized carbons (Fsp3) is 0.0164. The Balaban J connectivity index is 1.04. The molecule has 66 heavy (non-hydrogen) atoms. The van der Waals surface area contributed by atoms with Crippen molar-refractivity contribution in [3.05, 3.63) is 260 Å². The zero-order valence-corrected chi connectivity index (χ0v) is 36.7. The molecular weight excluding hydrogens is 831 g/mol. The maximum atomic E-state index is 16.3. The van der Waals surface area contributed by atoms with Crippen molar-refractivity contribution >= 4 is 78.1 Å². The van der Waals surface area contributed by atoms with Crippen molar-refractivity contribution in [3.8, 4) is 22.3 Å². The topological polar surface area (TPSA) is 6.48 Å². The van der Waals surface area contributed by atoms with Crippen LogP contribution in [0.5, 0.6) is 0 Å². The van der Waals surface area contributed by atoms with Crippen molar-refractivity contribution in [1.29, 1.82) is 0 Å². The molecule has 0 fully saturated rings. The lowest BCUT2D eigenvalue weighted by Gasteiger charge is -2.29. The number of benzene rings is 10. The number of hydrogen-bond acceptors (Lipinski definition) is 3. The van der Waals surface area contributed by atoms with Gasteiger partial charge in [-0.05, 0) is 115 Å². The summed E-state index contributed by atoms with van der Waals surface area (Å²) in [5, 5.41) is 6.57. The quantitative estimate of drug-likeness (QED) is 0.150. The number of fused-ring (bicyclic) bond motifs is 5. The molecule has 0 saturated carbocycles. The van der Waals surface area contributed by atoms with E-state index in [1.165, 1.54) is 12.1 Å². The summed E-state index contributed by atoms with van der Waals surface area (Å²) in [6, 6.07) is 70.5. The van der Waals surface area contributed by atoms with E-state index in [0.717, 1.165) is 93.4 Å². The fourth-order valence-corrected chi connectivity index (χ4v) is 10.4. The van der Waals surface area contributed by atoms with Gasteiger partial charge in [-0.25, -0.2) is 8.78 Å². The molecule has 11 rings (SSSR count). The highest BCUT2D eigenvalue weighted by molar-refractivity contribution is 7.99. The standard InChI is InChI=1S/C61H42F2N2S/c1-41-34-35-46(64(57-32-10-8-30-55(57)62)47-22-12-20-44(38-47)51-28-14-18-42-16-2-4-24-49(42)51)36-37-66-60-40-59(53-26-6-7-27-54(53)61(41)60)65(58-33-11-9-31-56(58)63)48-23-13-21-45(39-48)52-29-15-19-43-17-3-5-25-50(43)52/h2-36,38-40H,1,37H2/b35-34-,46-36+. The zero-order valence-electron chi connectivity index (χ0n) is 35.9. The van der Waals surface area contributed by atoms with E-state index in [0.29, 0.717) is 17.1 Å². The second-order valence-electron chi connectivity index (χ2n) is 16.3. The fourth-order valence-electron chi connectivity index (χ4n) is 9.36. The summed E-state index contributed by atoms with van der Waals surface area (Å²) < 4.78 is 32.4.